The SMILES string of the molecule is COc1ccccc1C[C@@]1(C)NC(=O)N(CC(=O)N2C[C@@H](C)O[C@@H](C)C2)C1=O. The summed E-state index contributed by atoms with van der Waals surface area (Å²) < 4.78 is 11.0. The molecule has 0 spiro atoms. The van der Waals surface area contributed by atoms with Gasteiger partial charge in [0.15, 0.2) is 0 Å². The van der Waals surface area contributed by atoms with Crippen molar-refractivity contribution in [3.63, 3.8) is 0 Å². The Labute approximate surface area is 164 Å². The van der Waals surface area contributed by atoms with Gasteiger partial charge < -0.3 is 19.7 Å². The number of hydrogen-bond donors (Lipinski definition) is 1. The van der Waals surface area contributed by atoms with Gasteiger partial charge in [-0.3, -0.25) is 14.5 Å². The van der Waals surface area contributed by atoms with Crippen molar-refractivity contribution in [1.29, 1.82) is 0 Å². The van der Waals surface area contributed by atoms with E-state index in [2.05, 4.69) is 5.32 Å². The van der Waals surface area contributed by atoms with E-state index in [9.17, 15) is 14.4 Å². The second kappa shape index (κ2) is 7.79. The number of imide groups is 1. The van der Waals surface area contributed by atoms with E-state index >= 15 is 0 Å². The number of para-hydroxylation sites is 1. The van der Waals surface area contributed by atoms with Crippen molar-refractivity contribution >= 4 is 17.8 Å². The number of methoxy groups -OCH3 is 1. The van der Waals surface area contributed by atoms with Crippen LogP contribution >= 0.6 is 0 Å². The molecular formula is C20H27N3O5. The molecule has 2 aliphatic heterocycles. The van der Waals surface area contributed by atoms with Crippen molar-refractivity contribution in [2.75, 3.05) is 26.7 Å². The van der Waals surface area contributed by atoms with Crippen LogP contribution in [0.15, 0.2) is 24.3 Å². The summed E-state index contributed by atoms with van der Waals surface area (Å²) >= 11 is 0. The lowest BCUT2D eigenvalue weighted by molar-refractivity contribution is -0.146. The zero-order chi connectivity index (χ0) is 20.5. The number of ether oxygens (including phenoxy) is 2. The Balaban J connectivity index is 1.71. The fourth-order valence-electron chi connectivity index (χ4n) is 3.86. The van der Waals surface area contributed by atoms with Crippen LogP contribution in [-0.4, -0.2) is 72.1 Å². The van der Waals surface area contributed by atoms with Crippen molar-refractivity contribution in [1.82, 2.24) is 15.1 Å². The first-order chi connectivity index (χ1) is 13.2. The molecular weight excluding hydrogens is 362 g/mol. The Bertz CT molecular complexity index is 773. The monoisotopic (exact) mass is 389 g/mol. The van der Waals surface area contributed by atoms with E-state index in [1.54, 1.807) is 18.9 Å². The maximum atomic E-state index is 13.0. The number of urea groups is 1. The van der Waals surface area contributed by atoms with Gasteiger partial charge in [0.05, 0.1) is 19.3 Å². The third kappa shape index (κ3) is 3.96. The van der Waals surface area contributed by atoms with Crippen LogP contribution in [0.1, 0.15) is 26.3 Å². The molecule has 1 aromatic carbocycles. The number of rotatable bonds is 5. The average molecular weight is 389 g/mol. The number of hydrogen-bond acceptors (Lipinski definition) is 5. The van der Waals surface area contributed by atoms with E-state index in [-0.39, 0.29) is 31.1 Å². The normalized spacial score (nSPS) is 27.7. The summed E-state index contributed by atoms with van der Waals surface area (Å²) in [7, 11) is 1.56. The molecule has 2 saturated heterocycles. The zero-order valence-electron chi connectivity index (χ0n) is 16.7. The molecule has 152 valence electrons. The highest BCUT2D eigenvalue weighted by Crippen LogP contribution is 2.27. The first kappa shape index (κ1) is 20.1. The fraction of sp³-hybridized carbons (Fsp3) is 0.550. The molecule has 0 aromatic heterocycles. The highest BCUT2D eigenvalue weighted by molar-refractivity contribution is 6.09. The summed E-state index contributed by atoms with van der Waals surface area (Å²) in [6.07, 6.45) is 0.121. The Morgan fingerprint density at radius 1 is 1.25 bits per heavy atom. The summed E-state index contributed by atoms with van der Waals surface area (Å²) in [4.78, 5) is 40.8. The van der Waals surface area contributed by atoms with Gasteiger partial charge in [0.25, 0.3) is 5.91 Å². The number of morpholine rings is 1. The third-order valence-corrected chi connectivity index (χ3v) is 5.15. The highest BCUT2D eigenvalue weighted by Gasteiger charge is 2.49. The Morgan fingerprint density at radius 3 is 2.54 bits per heavy atom. The van der Waals surface area contributed by atoms with Crippen molar-refractivity contribution in [3.8, 4) is 5.75 Å². The average Bonchev–Trinajstić information content (AvgIpc) is 2.84. The second-order valence-electron chi connectivity index (χ2n) is 7.70. The maximum absolute atomic E-state index is 13.0. The van der Waals surface area contributed by atoms with Crippen LogP contribution in [0.2, 0.25) is 0 Å². The molecule has 0 aliphatic carbocycles. The minimum absolute atomic E-state index is 0.0772. The summed E-state index contributed by atoms with van der Waals surface area (Å²) in [5.74, 6) is -0.0188. The van der Waals surface area contributed by atoms with Gasteiger partial charge in [-0.15, -0.1) is 0 Å². The van der Waals surface area contributed by atoms with E-state index < -0.39 is 17.5 Å². The maximum Gasteiger partial charge on any atom is 0.325 e. The van der Waals surface area contributed by atoms with Crippen LogP contribution < -0.4 is 10.1 Å². The molecule has 2 heterocycles. The van der Waals surface area contributed by atoms with Crippen LogP contribution in [0.5, 0.6) is 5.75 Å². The summed E-state index contributed by atoms with van der Waals surface area (Å²) in [5.41, 5.74) is -0.317. The van der Waals surface area contributed by atoms with E-state index in [1.165, 1.54) is 0 Å². The van der Waals surface area contributed by atoms with Crippen LogP contribution in [0.25, 0.3) is 0 Å². The first-order valence-corrected chi connectivity index (χ1v) is 9.42. The van der Waals surface area contributed by atoms with Crippen molar-refractivity contribution < 1.29 is 23.9 Å². The minimum Gasteiger partial charge on any atom is -0.496 e. The Kier molecular flexibility index (Phi) is 5.60. The highest BCUT2D eigenvalue weighted by atomic mass is 16.5. The molecule has 1 N–H and O–H groups in total. The smallest absolute Gasteiger partial charge is 0.325 e. The Hall–Kier alpha value is -2.61. The van der Waals surface area contributed by atoms with Crippen molar-refractivity contribution in [2.24, 2.45) is 0 Å². The number of amides is 4. The van der Waals surface area contributed by atoms with Crippen LogP contribution in [-0.2, 0) is 20.7 Å². The predicted octanol–water partition coefficient (Wildman–Crippen LogP) is 1.18. The molecule has 3 rings (SSSR count). The van der Waals surface area contributed by atoms with Gasteiger partial charge in [-0.25, -0.2) is 4.79 Å². The van der Waals surface area contributed by atoms with Gasteiger partial charge in [0, 0.05) is 19.5 Å². The molecule has 0 unspecified atom stereocenters. The third-order valence-electron chi connectivity index (χ3n) is 5.15. The van der Waals surface area contributed by atoms with Gasteiger partial charge in [-0.1, -0.05) is 18.2 Å². The largest absolute Gasteiger partial charge is 0.496 e. The molecule has 8 nitrogen and oxygen atoms in total. The van der Waals surface area contributed by atoms with Crippen molar-refractivity contribution in [2.45, 2.75) is 44.9 Å². The molecule has 1 aromatic rings. The number of nitrogens with one attached hydrogen (secondary N) is 1. The van der Waals surface area contributed by atoms with E-state index in [0.717, 1.165) is 10.5 Å². The molecule has 2 fully saturated rings. The number of benzene rings is 1. The minimum atomic E-state index is -1.13. The van der Waals surface area contributed by atoms with Crippen molar-refractivity contribution in [3.05, 3.63) is 29.8 Å². The molecule has 0 bridgehead atoms. The van der Waals surface area contributed by atoms with Gasteiger partial charge >= 0.3 is 6.03 Å². The quantitative estimate of drug-likeness (QED) is 0.764. The topological polar surface area (TPSA) is 88.2 Å². The van der Waals surface area contributed by atoms with Gasteiger partial charge in [0.1, 0.15) is 17.8 Å². The Morgan fingerprint density at radius 2 is 1.89 bits per heavy atom. The van der Waals surface area contributed by atoms with Gasteiger partial charge in [-0.2, -0.15) is 0 Å². The molecule has 28 heavy (non-hydrogen) atoms. The molecule has 0 saturated carbocycles. The van der Waals surface area contributed by atoms with E-state index in [4.69, 9.17) is 9.47 Å². The molecule has 3 atom stereocenters. The second-order valence-corrected chi connectivity index (χ2v) is 7.70. The summed E-state index contributed by atoms with van der Waals surface area (Å²) in [6.45, 7) is 6.09. The summed E-state index contributed by atoms with van der Waals surface area (Å²) in [6, 6.07) is 6.81. The first-order valence-electron chi connectivity index (χ1n) is 9.42. The number of carbonyl (C=O) groups is 3. The lowest BCUT2D eigenvalue weighted by atomic mass is 9.92. The zero-order valence-corrected chi connectivity index (χ0v) is 16.7. The van der Waals surface area contributed by atoms with Crippen LogP contribution in [0.4, 0.5) is 4.79 Å². The molecule has 2 aliphatic rings. The lowest BCUT2D eigenvalue weighted by Gasteiger charge is -2.35. The molecule has 8 heteroatoms. The predicted molar refractivity (Wildman–Crippen MR) is 102 cm³/mol. The molecule has 0 radical (unpaired) electrons. The van der Waals surface area contributed by atoms with E-state index in [1.807, 2.05) is 38.1 Å². The lowest BCUT2D eigenvalue weighted by Crippen LogP contribution is -2.52. The van der Waals surface area contributed by atoms with Gasteiger partial charge in [0.2, 0.25) is 5.91 Å². The standard InChI is InChI=1S/C20H27N3O5/c1-13-10-22(11-14(2)28-13)17(24)12-23-18(25)20(3,21-19(23)26)9-15-7-5-6-8-16(15)27-4/h5-8,13-14H,9-12H2,1-4H3,(H,21,26)/t13-,14+,20-/m1/s1. The van der Waals surface area contributed by atoms with Gasteiger partial charge in [-0.05, 0) is 32.4 Å². The fourth-order valence-corrected chi connectivity index (χ4v) is 3.86. The van der Waals surface area contributed by atoms with Crippen LogP contribution in [0, 0.1) is 0 Å². The summed E-state index contributed by atoms with van der Waals surface area (Å²) in [5, 5.41) is 2.74. The van der Waals surface area contributed by atoms with Crippen LogP contribution in [0.3, 0.4) is 0 Å². The number of carbonyl (C=O) groups excluding carboxylic acids is 3. The number of nitrogens with zero attached hydrogens (tertiary/aromatic N) is 2. The van der Waals surface area contributed by atoms with E-state index in [0.29, 0.717) is 18.8 Å². The molecule has 4 amide bonds.